The van der Waals surface area contributed by atoms with Gasteiger partial charge in [0.05, 0.1) is 6.54 Å². The summed E-state index contributed by atoms with van der Waals surface area (Å²) < 4.78 is 2.11. The van der Waals surface area contributed by atoms with Crippen LogP contribution in [0.3, 0.4) is 0 Å². The Kier molecular flexibility index (Phi) is 5.61. The number of hydrogen-bond donors (Lipinski definition) is 2. The van der Waals surface area contributed by atoms with E-state index in [0.29, 0.717) is 12.6 Å². The molecule has 0 radical (unpaired) electrons. The highest BCUT2D eigenvalue weighted by atomic mass is 16.2. The Labute approximate surface area is 164 Å². The van der Waals surface area contributed by atoms with Crippen molar-refractivity contribution >= 4 is 11.7 Å². The van der Waals surface area contributed by atoms with Crippen molar-refractivity contribution in [1.82, 2.24) is 25.1 Å². The molecule has 0 aliphatic heterocycles. The third-order valence-electron chi connectivity index (χ3n) is 5.14. The molecule has 1 fully saturated rings. The van der Waals surface area contributed by atoms with E-state index in [-0.39, 0.29) is 6.03 Å². The van der Waals surface area contributed by atoms with Crippen molar-refractivity contribution in [3.63, 3.8) is 0 Å². The smallest absolute Gasteiger partial charge is 0.319 e. The molecule has 7 nitrogen and oxygen atoms in total. The topological polar surface area (TPSA) is 84.7 Å². The van der Waals surface area contributed by atoms with E-state index in [1.807, 2.05) is 36.4 Å². The number of pyridine rings is 1. The molecule has 7 heteroatoms. The van der Waals surface area contributed by atoms with Crippen LogP contribution in [0.1, 0.15) is 44.0 Å². The molecule has 1 aromatic carbocycles. The number of urea groups is 1. The molecule has 2 heterocycles. The first-order chi connectivity index (χ1) is 13.8. The van der Waals surface area contributed by atoms with Gasteiger partial charge < -0.3 is 15.2 Å². The van der Waals surface area contributed by atoms with Crippen LogP contribution < -0.4 is 10.6 Å². The van der Waals surface area contributed by atoms with Gasteiger partial charge in [0.25, 0.3) is 0 Å². The minimum absolute atomic E-state index is 0.262. The summed E-state index contributed by atoms with van der Waals surface area (Å²) in [6.45, 7) is 0.352. The number of nitrogens with zero attached hydrogens (tertiary/aromatic N) is 4. The van der Waals surface area contributed by atoms with Crippen molar-refractivity contribution in [3.05, 3.63) is 60.9 Å². The standard InChI is InChI=1S/C21H24N6O/c28-21(23-14-20-26-24-15-27(20)19-9-2-1-3-10-19)25-18-8-4-6-16(12-18)17-7-5-11-22-13-17/h4-8,11-13,15,19H,1-3,9-10,14H2,(H2,23,25,28). The van der Waals surface area contributed by atoms with Crippen LogP contribution in [0.25, 0.3) is 11.1 Å². The molecule has 0 saturated heterocycles. The van der Waals surface area contributed by atoms with E-state index < -0.39 is 0 Å². The maximum absolute atomic E-state index is 12.4. The van der Waals surface area contributed by atoms with E-state index >= 15 is 0 Å². The molecule has 2 aromatic heterocycles. The van der Waals surface area contributed by atoms with Crippen molar-refractivity contribution in [2.24, 2.45) is 0 Å². The average molecular weight is 376 g/mol. The molecule has 3 aromatic rings. The fourth-order valence-corrected chi connectivity index (χ4v) is 3.70. The van der Waals surface area contributed by atoms with Crippen LogP contribution in [0.2, 0.25) is 0 Å². The van der Waals surface area contributed by atoms with Crippen LogP contribution in [0, 0.1) is 0 Å². The van der Waals surface area contributed by atoms with E-state index in [2.05, 4.69) is 30.4 Å². The predicted molar refractivity (Wildman–Crippen MR) is 108 cm³/mol. The Morgan fingerprint density at radius 2 is 1.96 bits per heavy atom. The van der Waals surface area contributed by atoms with Gasteiger partial charge in [0, 0.05) is 29.7 Å². The maximum atomic E-state index is 12.4. The lowest BCUT2D eigenvalue weighted by Crippen LogP contribution is -2.30. The highest BCUT2D eigenvalue weighted by molar-refractivity contribution is 5.90. The normalized spacial score (nSPS) is 14.6. The summed E-state index contributed by atoms with van der Waals surface area (Å²) >= 11 is 0. The van der Waals surface area contributed by atoms with Crippen LogP contribution in [0.4, 0.5) is 10.5 Å². The molecule has 1 aliphatic carbocycles. The number of anilines is 1. The quantitative estimate of drug-likeness (QED) is 0.700. The van der Waals surface area contributed by atoms with Gasteiger partial charge >= 0.3 is 6.03 Å². The third-order valence-corrected chi connectivity index (χ3v) is 5.14. The van der Waals surface area contributed by atoms with Crippen LogP contribution >= 0.6 is 0 Å². The van der Waals surface area contributed by atoms with Crippen LogP contribution in [-0.2, 0) is 6.54 Å². The second-order valence-electron chi connectivity index (χ2n) is 7.08. The van der Waals surface area contributed by atoms with Crippen molar-refractivity contribution < 1.29 is 4.79 Å². The van der Waals surface area contributed by atoms with Gasteiger partial charge in [0.1, 0.15) is 6.33 Å². The molecule has 1 saturated carbocycles. The van der Waals surface area contributed by atoms with Crippen molar-refractivity contribution in [2.45, 2.75) is 44.7 Å². The summed E-state index contributed by atoms with van der Waals surface area (Å²) in [6, 6.07) is 11.8. The molecular formula is C21H24N6O. The largest absolute Gasteiger partial charge is 0.331 e. The molecule has 144 valence electrons. The average Bonchev–Trinajstić information content (AvgIpc) is 3.22. The highest BCUT2D eigenvalue weighted by Gasteiger charge is 2.18. The first-order valence-electron chi connectivity index (χ1n) is 9.73. The van der Waals surface area contributed by atoms with Gasteiger partial charge in [-0.3, -0.25) is 4.98 Å². The summed E-state index contributed by atoms with van der Waals surface area (Å²) in [7, 11) is 0. The number of aromatic nitrogens is 4. The number of benzene rings is 1. The second-order valence-corrected chi connectivity index (χ2v) is 7.08. The van der Waals surface area contributed by atoms with E-state index in [1.165, 1.54) is 19.3 Å². The van der Waals surface area contributed by atoms with Gasteiger partial charge in [-0.25, -0.2) is 4.79 Å². The first kappa shape index (κ1) is 18.2. The summed E-state index contributed by atoms with van der Waals surface area (Å²) in [4.78, 5) is 16.5. The Morgan fingerprint density at radius 1 is 1.11 bits per heavy atom. The molecular weight excluding hydrogens is 352 g/mol. The predicted octanol–water partition coefficient (Wildman–Crippen LogP) is 4.17. The van der Waals surface area contributed by atoms with E-state index in [9.17, 15) is 4.79 Å². The highest BCUT2D eigenvalue weighted by Crippen LogP contribution is 2.28. The fraction of sp³-hybridized carbons (Fsp3) is 0.333. The Bertz CT molecular complexity index is 917. The van der Waals surface area contributed by atoms with Gasteiger partial charge in [-0.05, 0) is 36.6 Å². The van der Waals surface area contributed by atoms with Gasteiger partial charge in [0.15, 0.2) is 5.82 Å². The lowest BCUT2D eigenvalue weighted by molar-refractivity contribution is 0.251. The number of hydrogen-bond acceptors (Lipinski definition) is 4. The molecule has 0 unspecified atom stereocenters. The van der Waals surface area contributed by atoms with E-state index in [1.54, 1.807) is 18.7 Å². The summed E-state index contributed by atoms with van der Waals surface area (Å²) in [5.41, 5.74) is 2.74. The molecule has 0 bridgehead atoms. The number of nitrogens with one attached hydrogen (secondary N) is 2. The molecule has 1 aliphatic rings. The first-order valence-corrected chi connectivity index (χ1v) is 9.73. The van der Waals surface area contributed by atoms with Crippen LogP contribution in [0.5, 0.6) is 0 Å². The zero-order valence-corrected chi connectivity index (χ0v) is 15.7. The minimum atomic E-state index is -0.262. The summed E-state index contributed by atoms with van der Waals surface area (Å²) in [5.74, 6) is 0.797. The number of amides is 2. The summed E-state index contributed by atoms with van der Waals surface area (Å²) in [5, 5.41) is 14.0. The molecule has 4 rings (SSSR count). The third kappa shape index (κ3) is 4.36. The molecule has 28 heavy (non-hydrogen) atoms. The molecule has 2 N–H and O–H groups in total. The monoisotopic (exact) mass is 376 g/mol. The number of carbonyl (C=O) groups is 1. The van der Waals surface area contributed by atoms with Crippen molar-refractivity contribution in [1.29, 1.82) is 0 Å². The lowest BCUT2D eigenvalue weighted by Gasteiger charge is -2.24. The van der Waals surface area contributed by atoms with Gasteiger partial charge in [0.2, 0.25) is 0 Å². The molecule has 2 amide bonds. The van der Waals surface area contributed by atoms with Gasteiger partial charge in [-0.1, -0.05) is 37.5 Å². The van der Waals surface area contributed by atoms with E-state index in [0.717, 1.165) is 35.5 Å². The maximum Gasteiger partial charge on any atom is 0.319 e. The lowest BCUT2D eigenvalue weighted by atomic mass is 9.95. The fourth-order valence-electron chi connectivity index (χ4n) is 3.70. The van der Waals surface area contributed by atoms with Crippen LogP contribution in [-0.4, -0.2) is 25.8 Å². The van der Waals surface area contributed by atoms with Crippen molar-refractivity contribution in [3.8, 4) is 11.1 Å². The SMILES string of the molecule is O=C(NCc1nncn1C1CCCCC1)Nc1cccc(-c2cccnc2)c1. The van der Waals surface area contributed by atoms with Gasteiger partial charge in [-0.15, -0.1) is 10.2 Å². The number of rotatable bonds is 5. The van der Waals surface area contributed by atoms with Crippen LogP contribution in [0.15, 0.2) is 55.1 Å². The Balaban J connectivity index is 1.36. The summed E-state index contributed by atoms with van der Waals surface area (Å²) in [6.07, 6.45) is 11.4. The van der Waals surface area contributed by atoms with Crippen molar-refractivity contribution in [2.75, 3.05) is 5.32 Å². The molecule has 0 spiro atoms. The molecule has 0 atom stereocenters. The zero-order chi connectivity index (χ0) is 19.2. The van der Waals surface area contributed by atoms with Gasteiger partial charge in [-0.2, -0.15) is 0 Å². The minimum Gasteiger partial charge on any atom is -0.331 e. The second kappa shape index (κ2) is 8.65. The number of carbonyl (C=O) groups excluding carboxylic acids is 1. The zero-order valence-electron chi connectivity index (χ0n) is 15.7. The Morgan fingerprint density at radius 3 is 2.79 bits per heavy atom. The van der Waals surface area contributed by atoms with E-state index in [4.69, 9.17) is 0 Å². The Hall–Kier alpha value is -3.22.